The Bertz CT molecular complexity index is 1110. The van der Waals surface area contributed by atoms with Crippen LogP contribution in [-0.4, -0.2) is 5.91 Å². The molecule has 0 spiro atoms. The van der Waals surface area contributed by atoms with Crippen LogP contribution in [0, 0.1) is 0 Å². The average Bonchev–Trinajstić information content (AvgIpc) is 3.11. The highest BCUT2D eigenvalue weighted by Gasteiger charge is 2.26. The van der Waals surface area contributed by atoms with Crippen molar-refractivity contribution in [2.75, 3.05) is 0 Å². The van der Waals surface area contributed by atoms with Gasteiger partial charge in [0.05, 0.1) is 10.9 Å². The summed E-state index contributed by atoms with van der Waals surface area (Å²) in [6.45, 7) is 0. The molecule has 1 amide bonds. The lowest BCUT2D eigenvalue weighted by Gasteiger charge is -2.08. The van der Waals surface area contributed by atoms with Crippen LogP contribution in [0.15, 0.2) is 71.7 Å². The summed E-state index contributed by atoms with van der Waals surface area (Å²) in [5.74, 6) is -0.129. The number of hydrogen-bond acceptors (Lipinski definition) is 1. The normalized spacial score (nSPS) is 14.3. The Labute approximate surface area is 133 Å². The molecule has 1 aliphatic heterocycles. The third kappa shape index (κ3) is 1.69. The van der Waals surface area contributed by atoms with Crippen LogP contribution in [0.4, 0.5) is 0 Å². The Morgan fingerprint density at radius 2 is 1.48 bits per heavy atom. The van der Waals surface area contributed by atoms with Gasteiger partial charge in [0.25, 0.3) is 5.91 Å². The van der Waals surface area contributed by atoms with Crippen LogP contribution < -0.4 is 10.6 Å². The van der Waals surface area contributed by atoms with Crippen LogP contribution in [-0.2, 0) is 11.2 Å². The van der Waals surface area contributed by atoms with E-state index in [-0.39, 0.29) is 5.91 Å². The maximum atomic E-state index is 12.5. The molecule has 2 nitrogen and oxygen atoms in total. The molecule has 1 heterocycles. The fourth-order valence-corrected chi connectivity index (χ4v) is 3.71. The maximum absolute atomic E-state index is 12.5. The fraction of sp³-hybridized carbons (Fsp3) is 0.0476. The van der Waals surface area contributed by atoms with Gasteiger partial charge in [0.15, 0.2) is 0 Å². The first-order chi connectivity index (χ1) is 11.3. The summed E-state index contributed by atoms with van der Waals surface area (Å²) in [4.78, 5) is 16.7. The molecule has 23 heavy (non-hydrogen) atoms. The molecule has 0 fully saturated rings. The number of para-hydroxylation sites is 1. The minimum Gasteiger partial charge on any atom is -0.267 e. The predicted octanol–water partition coefficient (Wildman–Crippen LogP) is 2.62. The maximum Gasteiger partial charge on any atom is 0.278 e. The van der Waals surface area contributed by atoms with E-state index in [9.17, 15) is 4.79 Å². The Morgan fingerprint density at radius 1 is 0.739 bits per heavy atom. The van der Waals surface area contributed by atoms with Crippen molar-refractivity contribution in [3.05, 3.63) is 94.0 Å². The summed E-state index contributed by atoms with van der Waals surface area (Å²) in [5, 5.41) is 1.72. The molecule has 0 saturated heterocycles. The topological polar surface area (TPSA) is 29.4 Å². The Hall–Kier alpha value is -3.00. The minimum atomic E-state index is -0.129. The molecule has 1 aliphatic carbocycles. The van der Waals surface area contributed by atoms with Crippen LogP contribution in [0.2, 0.25) is 0 Å². The van der Waals surface area contributed by atoms with Crippen molar-refractivity contribution in [2.24, 2.45) is 4.99 Å². The second-order valence-electron chi connectivity index (χ2n) is 5.97. The highest BCUT2D eigenvalue weighted by Crippen LogP contribution is 2.39. The first kappa shape index (κ1) is 12.5. The number of carbonyl (C=O) groups is 1. The SMILES string of the molecule is O=C1N=c2ccccc2=C1c1cccc2c1Cc1ccccc1-2. The molecule has 2 aliphatic rings. The average molecular weight is 295 g/mol. The summed E-state index contributed by atoms with van der Waals surface area (Å²) in [6, 6.07) is 22.5. The van der Waals surface area contributed by atoms with Crippen molar-refractivity contribution >= 4 is 11.5 Å². The van der Waals surface area contributed by atoms with E-state index in [1.54, 1.807) is 0 Å². The molecule has 0 saturated carbocycles. The van der Waals surface area contributed by atoms with E-state index >= 15 is 0 Å². The molecule has 0 unspecified atom stereocenters. The minimum absolute atomic E-state index is 0.129. The molecule has 3 aromatic carbocycles. The van der Waals surface area contributed by atoms with E-state index in [4.69, 9.17) is 0 Å². The van der Waals surface area contributed by atoms with Gasteiger partial charge in [-0.3, -0.25) is 4.79 Å². The summed E-state index contributed by atoms with van der Waals surface area (Å²) < 4.78 is 0. The molecule has 3 aromatic rings. The van der Waals surface area contributed by atoms with E-state index in [1.165, 1.54) is 22.3 Å². The van der Waals surface area contributed by atoms with Gasteiger partial charge in [-0.05, 0) is 40.3 Å². The molecular weight excluding hydrogens is 282 g/mol. The van der Waals surface area contributed by atoms with Crippen molar-refractivity contribution < 1.29 is 4.79 Å². The van der Waals surface area contributed by atoms with Gasteiger partial charge in [-0.15, -0.1) is 0 Å². The number of benzene rings is 3. The highest BCUT2D eigenvalue weighted by molar-refractivity contribution is 6.21. The molecule has 2 heteroatoms. The number of hydrogen-bond donors (Lipinski definition) is 0. The number of fused-ring (bicyclic) bond motifs is 4. The van der Waals surface area contributed by atoms with Crippen LogP contribution in [0.3, 0.4) is 0 Å². The van der Waals surface area contributed by atoms with Gasteiger partial charge >= 0.3 is 0 Å². The van der Waals surface area contributed by atoms with E-state index < -0.39 is 0 Å². The number of amides is 1. The monoisotopic (exact) mass is 295 g/mol. The summed E-state index contributed by atoms with van der Waals surface area (Å²) in [5.41, 5.74) is 6.85. The first-order valence-corrected chi connectivity index (χ1v) is 7.76. The van der Waals surface area contributed by atoms with Crippen molar-refractivity contribution in [1.82, 2.24) is 0 Å². The molecule has 108 valence electrons. The second-order valence-corrected chi connectivity index (χ2v) is 5.97. The zero-order valence-electron chi connectivity index (χ0n) is 12.4. The molecule has 0 aromatic heterocycles. The zero-order valence-corrected chi connectivity index (χ0v) is 12.4. The largest absolute Gasteiger partial charge is 0.278 e. The lowest BCUT2D eigenvalue weighted by molar-refractivity contribution is -0.112. The molecule has 0 bridgehead atoms. The van der Waals surface area contributed by atoms with E-state index in [0.29, 0.717) is 0 Å². The van der Waals surface area contributed by atoms with Gasteiger partial charge in [-0.25, -0.2) is 4.99 Å². The smallest absolute Gasteiger partial charge is 0.267 e. The summed E-state index contributed by atoms with van der Waals surface area (Å²) in [7, 11) is 0. The molecule has 5 rings (SSSR count). The van der Waals surface area contributed by atoms with Gasteiger partial charge in [-0.2, -0.15) is 0 Å². The van der Waals surface area contributed by atoms with Crippen LogP contribution in [0.1, 0.15) is 16.7 Å². The quantitative estimate of drug-likeness (QED) is 0.531. The van der Waals surface area contributed by atoms with Gasteiger partial charge < -0.3 is 0 Å². The van der Waals surface area contributed by atoms with Crippen molar-refractivity contribution in [3.63, 3.8) is 0 Å². The number of carbonyl (C=O) groups excluding carboxylic acids is 1. The van der Waals surface area contributed by atoms with Gasteiger partial charge in [0, 0.05) is 5.22 Å². The molecule has 0 atom stereocenters. The van der Waals surface area contributed by atoms with Crippen molar-refractivity contribution in [3.8, 4) is 11.1 Å². The van der Waals surface area contributed by atoms with Gasteiger partial charge in [0.1, 0.15) is 0 Å². The summed E-state index contributed by atoms with van der Waals surface area (Å²) >= 11 is 0. The van der Waals surface area contributed by atoms with Crippen LogP contribution >= 0.6 is 0 Å². The number of nitrogens with zero attached hydrogens (tertiary/aromatic N) is 1. The molecular formula is C21H13NO. The second kappa shape index (κ2) is 4.50. The Morgan fingerprint density at radius 3 is 2.43 bits per heavy atom. The zero-order chi connectivity index (χ0) is 15.4. The lowest BCUT2D eigenvalue weighted by Crippen LogP contribution is -2.22. The van der Waals surface area contributed by atoms with E-state index in [2.05, 4.69) is 41.4 Å². The Kier molecular flexibility index (Phi) is 2.45. The third-order valence-electron chi connectivity index (χ3n) is 4.73. The molecule has 0 radical (unpaired) electrons. The number of rotatable bonds is 1. The first-order valence-electron chi connectivity index (χ1n) is 7.76. The van der Waals surface area contributed by atoms with Crippen molar-refractivity contribution in [2.45, 2.75) is 6.42 Å². The van der Waals surface area contributed by atoms with E-state index in [0.717, 1.165) is 28.1 Å². The lowest BCUT2D eigenvalue weighted by atomic mass is 9.94. The highest BCUT2D eigenvalue weighted by atomic mass is 16.1. The van der Waals surface area contributed by atoms with Crippen molar-refractivity contribution in [1.29, 1.82) is 0 Å². The third-order valence-corrected chi connectivity index (χ3v) is 4.73. The van der Waals surface area contributed by atoms with Gasteiger partial charge in [-0.1, -0.05) is 60.7 Å². The van der Waals surface area contributed by atoms with E-state index in [1.807, 2.05) is 30.3 Å². The van der Waals surface area contributed by atoms with Gasteiger partial charge in [0.2, 0.25) is 0 Å². The van der Waals surface area contributed by atoms with Crippen LogP contribution in [0.25, 0.3) is 16.7 Å². The Balaban J connectivity index is 1.83. The molecule has 0 N–H and O–H groups in total. The summed E-state index contributed by atoms with van der Waals surface area (Å²) in [6.07, 6.45) is 0.876. The standard InChI is InChI=1S/C21H13NO/c23-21-20(17-8-3-4-11-19(17)22-21)16-10-5-9-15-14-7-2-1-6-13(14)12-18(15)16/h1-11H,12H2. The fourth-order valence-electron chi connectivity index (χ4n) is 3.71. The van der Waals surface area contributed by atoms with Crippen LogP contribution in [0.5, 0.6) is 0 Å². The predicted molar refractivity (Wildman–Crippen MR) is 89.4 cm³/mol.